The third-order valence-electron chi connectivity index (χ3n) is 5.70. The molecule has 0 aliphatic heterocycles. The number of nitrogens with two attached hydrogens (primary N) is 1. The molecule has 39 heavy (non-hydrogen) atoms. The Labute approximate surface area is 224 Å². The van der Waals surface area contributed by atoms with Crippen molar-refractivity contribution < 1.29 is 44.1 Å². The van der Waals surface area contributed by atoms with Gasteiger partial charge in [0.15, 0.2) is 0 Å². The Kier molecular flexibility index (Phi) is 13.9. The normalized spacial score (nSPS) is 13.6. The fraction of sp³-hybridized carbons (Fsp3) is 0.500. The monoisotopic (exact) mass is 552 g/mol. The Bertz CT molecular complexity index is 1020. The highest BCUT2D eigenvalue weighted by Gasteiger charge is 2.26. The summed E-state index contributed by atoms with van der Waals surface area (Å²) in [7, 11) is 0. The van der Waals surface area contributed by atoms with Gasteiger partial charge in [-0.25, -0.2) is 4.79 Å². The van der Waals surface area contributed by atoms with Crippen LogP contribution < -0.4 is 32.3 Å². The number of hydrogen-bond acceptors (Lipinski definition) is 9. The number of aliphatic carboxylic acids is 1. The lowest BCUT2D eigenvalue weighted by Gasteiger charge is -2.21. The number of carbonyl (C=O) groups is 6. The molecular weight excluding hydrogens is 516 g/mol. The summed E-state index contributed by atoms with van der Waals surface area (Å²) in [5.74, 6) is -5.20. The van der Waals surface area contributed by atoms with Crippen LogP contribution in [0.15, 0.2) is 24.3 Å². The zero-order valence-electron chi connectivity index (χ0n) is 21.7. The second-order valence-electron chi connectivity index (χ2n) is 8.76. The number of amides is 5. The van der Waals surface area contributed by atoms with E-state index in [0.717, 1.165) is 0 Å². The van der Waals surface area contributed by atoms with Crippen LogP contribution in [0.5, 0.6) is 5.75 Å². The molecule has 0 unspecified atom stereocenters. The molecule has 0 heterocycles. The lowest BCUT2D eigenvalue weighted by atomic mass is 9.99. The van der Waals surface area contributed by atoms with E-state index in [4.69, 9.17) is 5.73 Å². The number of aromatic hydroxyl groups is 1. The van der Waals surface area contributed by atoms with Crippen LogP contribution >= 0.6 is 0 Å². The van der Waals surface area contributed by atoms with E-state index in [1.54, 1.807) is 6.92 Å². The molecule has 10 N–H and O–H groups in total. The summed E-state index contributed by atoms with van der Waals surface area (Å²) in [5, 5.41) is 39.3. The van der Waals surface area contributed by atoms with Gasteiger partial charge in [-0.05, 0) is 23.6 Å². The minimum Gasteiger partial charge on any atom is -0.508 e. The van der Waals surface area contributed by atoms with E-state index in [0.29, 0.717) is 12.0 Å². The molecule has 0 fully saturated rings. The summed E-state index contributed by atoms with van der Waals surface area (Å²) in [6.45, 7) is 1.22. The van der Waals surface area contributed by atoms with Gasteiger partial charge in [0.1, 0.15) is 17.8 Å². The van der Waals surface area contributed by atoms with Crippen LogP contribution in [0.2, 0.25) is 0 Å². The van der Waals surface area contributed by atoms with Crippen molar-refractivity contribution in [2.75, 3.05) is 26.2 Å². The number of phenolic OH excluding ortho intramolecular Hbond substituents is 1. The van der Waals surface area contributed by atoms with Gasteiger partial charge in [0.25, 0.3) is 0 Å². The first-order chi connectivity index (χ1) is 18.4. The zero-order valence-corrected chi connectivity index (χ0v) is 21.7. The number of benzene rings is 1. The number of carbonyl (C=O) groups excluding carboxylic acids is 5. The van der Waals surface area contributed by atoms with Gasteiger partial charge in [-0.1, -0.05) is 32.4 Å². The first-order valence-electron chi connectivity index (χ1n) is 12.2. The second-order valence-corrected chi connectivity index (χ2v) is 8.76. The van der Waals surface area contributed by atoms with Gasteiger partial charge in [-0.3, -0.25) is 24.0 Å². The maximum absolute atomic E-state index is 12.2. The number of carboxylic acid groups (broad SMARTS) is 1. The summed E-state index contributed by atoms with van der Waals surface area (Å²) in [6.07, 6.45) is 0.579. The van der Waals surface area contributed by atoms with Crippen molar-refractivity contribution in [3.05, 3.63) is 29.8 Å². The molecule has 216 valence electrons. The first kappa shape index (κ1) is 32.8. The van der Waals surface area contributed by atoms with Crippen LogP contribution in [0.4, 0.5) is 0 Å². The number of carboxylic acids is 1. The van der Waals surface area contributed by atoms with Crippen molar-refractivity contribution in [2.24, 2.45) is 11.7 Å². The first-order valence-corrected chi connectivity index (χ1v) is 12.2. The summed E-state index contributed by atoms with van der Waals surface area (Å²) >= 11 is 0. The van der Waals surface area contributed by atoms with Gasteiger partial charge in [-0.2, -0.15) is 0 Å². The lowest BCUT2D eigenvalue weighted by molar-refractivity contribution is -0.141. The van der Waals surface area contributed by atoms with E-state index in [9.17, 15) is 44.1 Å². The second kappa shape index (κ2) is 16.6. The molecule has 0 aliphatic rings. The van der Waals surface area contributed by atoms with Crippen molar-refractivity contribution in [1.82, 2.24) is 26.6 Å². The van der Waals surface area contributed by atoms with Crippen LogP contribution in [-0.2, 0) is 35.2 Å². The molecule has 5 amide bonds. The summed E-state index contributed by atoms with van der Waals surface area (Å²) < 4.78 is 0. The van der Waals surface area contributed by atoms with E-state index < -0.39 is 79.9 Å². The lowest BCUT2D eigenvalue weighted by Crippen LogP contribution is -2.55. The number of hydrogen-bond donors (Lipinski definition) is 9. The molecule has 4 atom stereocenters. The van der Waals surface area contributed by atoms with Gasteiger partial charge in [-0.15, -0.1) is 0 Å². The number of aliphatic hydroxyl groups is 1. The Hall–Kier alpha value is -4.24. The maximum Gasteiger partial charge on any atom is 0.326 e. The number of aliphatic hydroxyl groups excluding tert-OH is 1. The third-order valence-corrected chi connectivity index (χ3v) is 5.70. The molecule has 15 heteroatoms. The molecule has 15 nitrogen and oxygen atoms in total. The molecule has 0 aromatic heterocycles. The summed E-state index contributed by atoms with van der Waals surface area (Å²) in [5.41, 5.74) is 6.35. The number of rotatable bonds is 16. The molecule has 0 radical (unpaired) electrons. The fourth-order valence-corrected chi connectivity index (χ4v) is 3.06. The van der Waals surface area contributed by atoms with Gasteiger partial charge in [0, 0.05) is 6.42 Å². The van der Waals surface area contributed by atoms with E-state index in [-0.39, 0.29) is 18.1 Å². The standard InChI is InChI=1S/C24H36N6O9/c1-3-13(2)21(25)23(37)30-17(12-31)22(36)28-10-19(34)26-9-18(33)27-11-20(35)29-16(24(38)39)8-14-4-6-15(32)7-5-14/h4-7,13,16-17,21,31-32H,3,8-12,25H2,1-2H3,(H,26,34)(H,27,33)(H,28,36)(H,29,35)(H,30,37)(H,38,39)/t13-,16-,17-,21-/m0/s1. The highest BCUT2D eigenvalue weighted by Crippen LogP contribution is 2.11. The summed E-state index contributed by atoms with van der Waals surface area (Å²) in [6, 6.07) is 2.29. The van der Waals surface area contributed by atoms with Gasteiger partial charge < -0.3 is 47.6 Å². The van der Waals surface area contributed by atoms with Crippen LogP contribution in [-0.4, -0.2) is 95.2 Å². The van der Waals surface area contributed by atoms with Crippen molar-refractivity contribution in [1.29, 1.82) is 0 Å². The molecule has 1 rings (SSSR count). The Balaban J connectivity index is 2.39. The Morgan fingerprint density at radius 1 is 0.821 bits per heavy atom. The molecule has 1 aromatic carbocycles. The maximum atomic E-state index is 12.2. The van der Waals surface area contributed by atoms with Crippen LogP contribution in [0.25, 0.3) is 0 Å². The average molecular weight is 553 g/mol. The Morgan fingerprint density at radius 2 is 1.36 bits per heavy atom. The van der Waals surface area contributed by atoms with Crippen LogP contribution in [0, 0.1) is 5.92 Å². The molecule has 0 bridgehead atoms. The highest BCUT2D eigenvalue weighted by molar-refractivity contribution is 5.93. The van der Waals surface area contributed by atoms with Crippen molar-refractivity contribution >= 4 is 35.5 Å². The van der Waals surface area contributed by atoms with E-state index >= 15 is 0 Å². The minimum absolute atomic E-state index is 0.00685. The highest BCUT2D eigenvalue weighted by atomic mass is 16.4. The van der Waals surface area contributed by atoms with E-state index in [2.05, 4.69) is 26.6 Å². The number of nitrogens with one attached hydrogen (secondary N) is 5. The Morgan fingerprint density at radius 3 is 1.87 bits per heavy atom. The van der Waals surface area contributed by atoms with E-state index in [1.165, 1.54) is 24.3 Å². The quantitative estimate of drug-likeness (QED) is 0.0988. The topological polar surface area (TPSA) is 249 Å². The smallest absolute Gasteiger partial charge is 0.326 e. The van der Waals surface area contributed by atoms with Crippen molar-refractivity contribution in [2.45, 2.75) is 44.8 Å². The summed E-state index contributed by atoms with van der Waals surface area (Å²) in [4.78, 5) is 71.7. The van der Waals surface area contributed by atoms with Crippen molar-refractivity contribution in [3.63, 3.8) is 0 Å². The molecule has 1 aromatic rings. The molecule has 0 saturated heterocycles. The van der Waals surface area contributed by atoms with Gasteiger partial charge in [0.05, 0.1) is 32.3 Å². The molecular formula is C24H36N6O9. The van der Waals surface area contributed by atoms with Crippen LogP contribution in [0.3, 0.4) is 0 Å². The zero-order chi connectivity index (χ0) is 29.5. The molecule has 0 spiro atoms. The van der Waals surface area contributed by atoms with Gasteiger partial charge >= 0.3 is 5.97 Å². The third kappa shape index (κ3) is 12.2. The van der Waals surface area contributed by atoms with E-state index in [1.807, 2.05) is 6.92 Å². The largest absolute Gasteiger partial charge is 0.508 e. The van der Waals surface area contributed by atoms with Crippen LogP contribution in [0.1, 0.15) is 25.8 Å². The average Bonchev–Trinajstić information content (AvgIpc) is 2.91. The SMILES string of the molecule is CC[C@H](C)[C@H](N)C(=O)N[C@@H](CO)C(=O)NCC(=O)NCC(=O)NCC(=O)N[C@@H](Cc1ccc(O)cc1)C(=O)O. The predicted octanol–water partition coefficient (Wildman–Crippen LogP) is -3.30. The number of phenols is 1. The molecule has 0 saturated carbocycles. The molecule has 0 aliphatic carbocycles. The minimum atomic E-state index is -1.33. The van der Waals surface area contributed by atoms with Gasteiger partial charge in [0.2, 0.25) is 29.5 Å². The van der Waals surface area contributed by atoms with Crippen molar-refractivity contribution in [3.8, 4) is 5.75 Å². The fourth-order valence-electron chi connectivity index (χ4n) is 3.06. The predicted molar refractivity (Wildman–Crippen MR) is 137 cm³/mol.